The molecule has 3 heteroatoms. The Bertz CT molecular complexity index is 511. The third-order valence-electron chi connectivity index (χ3n) is 4.74. The molecular formula is C19H28O3. The Morgan fingerprint density at radius 1 is 1.41 bits per heavy atom. The number of aliphatic hydroxyl groups excluding tert-OH is 1. The normalized spacial score (nSPS) is 34.9. The quantitative estimate of drug-likeness (QED) is 0.632. The number of ether oxygens (including phenoxy) is 1. The molecule has 2 rings (SSSR count). The van der Waals surface area contributed by atoms with Crippen LogP contribution in [0.1, 0.15) is 53.4 Å². The summed E-state index contributed by atoms with van der Waals surface area (Å²) >= 11 is 0. The summed E-state index contributed by atoms with van der Waals surface area (Å²) in [6.45, 7) is 8.39. The molecule has 22 heavy (non-hydrogen) atoms. The summed E-state index contributed by atoms with van der Waals surface area (Å²) < 4.78 is 5.55. The summed E-state index contributed by atoms with van der Waals surface area (Å²) in [6, 6.07) is 0. The number of esters is 1. The highest BCUT2D eigenvalue weighted by Crippen LogP contribution is 2.48. The van der Waals surface area contributed by atoms with Gasteiger partial charge in [0.15, 0.2) is 0 Å². The van der Waals surface area contributed by atoms with Crippen molar-refractivity contribution in [1.29, 1.82) is 0 Å². The number of hydrogen-bond acceptors (Lipinski definition) is 3. The molecule has 1 saturated heterocycles. The monoisotopic (exact) mass is 304 g/mol. The van der Waals surface area contributed by atoms with E-state index < -0.39 is 11.5 Å². The minimum absolute atomic E-state index is 0.195. The van der Waals surface area contributed by atoms with Crippen molar-refractivity contribution in [2.75, 3.05) is 0 Å². The lowest BCUT2D eigenvalue weighted by atomic mass is 9.67. The van der Waals surface area contributed by atoms with Crippen molar-refractivity contribution in [2.24, 2.45) is 11.3 Å². The molecule has 0 bridgehead atoms. The molecule has 3 nitrogen and oxygen atoms in total. The van der Waals surface area contributed by atoms with Gasteiger partial charge in [-0.1, -0.05) is 36.3 Å². The van der Waals surface area contributed by atoms with Crippen LogP contribution in [0.3, 0.4) is 0 Å². The maximum atomic E-state index is 11.9. The van der Waals surface area contributed by atoms with E-state index in [9.17, 15) is 9.90 Å². The molecular weight excluding hydrogens is 276 g/mol. The molecule has 0 aromatic heterocycles. The Hall–Kier alpha value is -1.35. The number of cyclic esters (lactones) is 1. The zero-order chi connectivity index (χ0) is 16.3. The van der Waals surface area contributed by atoms with Gasteiger partial charge in [-0.2, -0.15) is 0 Å². The zero-order valence-corrected chi connectivity index (χ0v) is 14.1. The van der Waals surface area contributed by atoms with E-state index in [-0.39, 0.29) is 12.1 Å². The highest BCUT2D eigenvalue weighted by Gasteiger charge is 2.53. The second kappa shape index (κ2) is 6.82. The molecule has 0 amide bonds. The second-order valence-electron chi connectivity index (χ2n) is 7.16. The van der Waals surface area contributed by atoms with Gasteiger partial charge in [-0.15, -0.1) is 0 Å². The SMILES string of the molecule is CC(C)=CCC/C(C)=C/[C@H]1OC(=O)CC12C[C@H](C)C=C[C@H]2O. The predicted octanol–water partition coefficient (Wildman–Crippen LogP) is 3.94. The van der Waals surface area contributed by atoms with E-state index in [1.165, 1.54) is 11.1 Å². The summed E-state index contributed by atoms with van der Waals surface area (Å²) in [6.07, 6.45) is 10.3. The molecule has 0 aromatic carbocycles. The van der Waals surface area contributed by atoms with Crippen molar-refractivity contribution in [3.63, 3.8) is 0 Å². The zero-order valence-electron chi connectivity index (χ0n) is 14.1. The first-order valence-corrected chi connectivity index (χ1v) is 8.20. The van der Waals surface area contributed by atoms with Gasteiger partial charge in [0.05, 0.1) is 17.9 Å². The van der Waals surface area contributed by atoms with Crippen LogP contribution in [0.2, 0.25) is 0 Å². The Morgan fingerprint density at radius 3 is 2.82 bits per heavy atom. The van der Waals surface area contributed by atoms with E-state index in [1.54, 1.807) is 0 Å². The van der Waals surface area contributed by atoms with E-state index in [0.717, 1.165) is 19.3 Å². The lowest BCUT2D eigenvalue weighted by molar-refractivity contribution is -0.140. The van der Waals surface area contributed by atoms with Crippen LogP contribution in [-0.2, 0) is 9.53 Å². The second-order valence-corrected chi connectivity index (χ2v) is 7.16. The molecule has 1 unspecified atom stereocenters. The van der Waals surface area contributed by atoms with E-state index in [4.69, 9.17) is 4.74 Å². The smallest absolute Gasteiger partial charge is 0.307 e. The van der Waals surface area contributed by atoms with Crippen LogP contribution in [0.25, 0.3) is 0 Å². The van der Waals surface area contributed by atoms with E-state index in [1.807, 2.05) is 12.2 Å². The first kappa shape index (κ1) is 17.0. The molecule has 1 aliphatic carbocycles. The molecule has 1 fully saturated rings. The fourth-order valence-electron chi connectivity index (χ4n) is 3.54. The largest absolute Gasteiger partial charge is 0.457 e. The molecule has 2 aliphatic rings. The van der Waals surface area contributed by atoms with Gasteiger partial charge in [-0.3, -0.25) is 4.79 Å². The lowest BCUT2D eigenvalue weighted by Crippen LogP contribution is -2.43. The fourth-order valence-corrected chi connectivity index (χ4v) is 3.54. The third kappa shape index (κ3) is 3.70. The molecule has 1 aliphatic heterocycles. The third-order valence-corrected chi connectivity index (χ3v) is 4.74. The maximum Gasteiger partial charge on any atom is 0.307 e. The lowest BCUT2D eigenvalue weighted by Gasteiger charge is -2.39. The van der Waals surface area contributed by atoms with Gasteiger partial charge in [-0.25, -0.2) is 0 Å². The van der Waals surface area contributed by atoms with Crippen molar-refractivity contribution in [3.05, 3.63) is 35.5 Å². The van der Waals surface area contributed by atoms with Gasteiger partial charge >= 0.3 is 5.97 Å². The fraction of sp³-hybridized carbons (Fsp3) is 0.632. The van der Waals surface area contributed by atoms with Crippen LogP contribution < -0.4 is 0 Å². The highest BCUT2D eigenvalue weighted by molar-refractivity contribution is 5.74. The summed E-state index contributed by atoms with van der Waals surface area (Å²) in [5, 5.41) is 10.5. The maximum absolute atomic E-state index is 11.9. The van der Waals surface area contributed by atoms with Gasteiger partial charge in [-0.05, 0) is 52.0 Å². The molecule has 0 radical (unpaired) electrons. The van der Waals surface area contributed by atoms with E-state index in [0.29, 0.717) is 12.3 Å². The summed E-state index contributed by atoms with van der Waals surface area (Å²) in [7, 11) is 0. The van der Waals surface area contributed by atoms with Crippen molar-refractivity contribution in [2.45, 2.75) is 65.6 Å². The number of carbonyl (C=O) groups is 1. The Labute approximate surface area is 133 Å². The first-order chi connectivity index (χ1) is 10.3. The van der Waals surface area contributed by atoms with Crippen LogP contribution in [0.4, 0.5) is 0 Å². The van der Waals surface area contributed by atoms with Gasteiger partial charge in [0.25, 0.3) is 0 Å². The average Bonchev–Trinajstić information content (AvgIpc) is 2.70. The molecule has 0 aromatic rings. The minimum atomic E-state index is -0.609. The summed E-state index contributed by atoms with van der Waals surface area (Å²) in [4.78, 5) is 11.9. The van der Waals surface area contributed by atoms with Gasteiger partial charge < -0.3 is 9.84 Å². The van der Waals surface area contributed by atoms with Crippen LogP contribution >= 0.6 is 0 Å². The van der Waals surface area contributed by atoms with Crippen LogP contribution in [0, 0.1) is 11.3 Å². The minimum Gasteiger partial charge on any atom is -0.457 e. The van der Waals surface area contributed by atoms with Crippen LogP contribution in [-0.4, -0.2) is 23.3 Å². The number of rotatable bonds is 4. The molecule has 0 saturated carbocycles. The summed E-state index contributed by atoms with van der Waals surface area (Å²) in [5.41, 5.74) is 2.05. The summed E-state index contributed by atoms with van der Waals surface area (Å²) in [5.74, 6) is 0.166. The Balaban J connectivity index is 2.16. The average molecular weight is 304 g/mol. The van der Waals surface area contributed by atoms with Gasteiger partial charge in [0.1, 0.15) is 6.10 Å². The van der Waals surface area contributed by atoms with Crippen molar-refractivity contribution in [3.8, 4) is 0 Å². The standard InChI is InChI=1S/C19H28O3/c1-13(2)6-5-7-14(3)10-17-19(12-18(21)22-17)11-15(4)8-9-16(19)20/h6,8-10,15-17,20H,5,7,11-12H2,1-4H3/b14-10+/t15-,16-,17-,19?/m1/s1. The number of aliphatic hydroxyl groups is 1. The Kier molecular flexibility index (Phi) is 5.28. The molecule has 122 valence electrons. The van der Waals surface area contributed by atoms with Gasteiger partial charge in [0, 0.05) is 0 Å². The van der Waals surface area contributed by atoms with E-state index >= 15 is 0 Å². The van der Waals surface area contributed by atoms with Crippen LogP contribution in [0.15, 0.2) is 35.5 Å². The number of carbonyl (C=O) groups excluding carboxylic acids is 1. The molecule has 1 heterocycles. The molecule has 1 spiro atoms. The highest BCUT2D eigenvalue weighted by atomic mass is 16.6. The Morgan fingerprint density at radius 2 is 2.14 bits per heavy atom. The topological polar surface area (TPSA) is 46.5 Å². The number of hydrogen-bond donors (Lipinski definition) is 1. The first-order valence-electron chi connectivity index (χ1n) is 8.20. The predicted molar refractivity (Wildman–Crippen MR) is 88.3 cm³/mol. The van der Waals surface area contributed by atoms with Gasteiger partial charge in [0.2, 0.25) is 0 Å². The van der Waals surface area contributed by atoms with Crippen molar-refractivity contribution in [1.82, 2.24) is 0 Å². The van der Waals surface area contributed by atoms with Crippen molar-refractivity contribution < 1.29 is 14.6 Å². The van der Waals surface area contributed by atoms with Crippen molar-refractivity contribution >= 4 is 5.97 Å². The molecule has 1 N–H and O–H groups in total. The van der Waals surface area contributed by atoms with E-state index in [2.05, 4.69) is 39.8 Å². The molecule has 4 atom stereocenters. The number of allylic oxidation sites excluding steroid dienone is 4. The van der Waals surface area contributed by atoms with Crippen LogP contribution in [0.5, 0.6) is 0 Å².